The van der Waals surface area contributed by atoms with Crippen molar-refractivity contribution in [1.29, 1.82) is 0 Å². The third-order valence-electron chi connectivity index (χ3n) is 6.61. The van der Waals surface area contributed by atoms with Crippen molar-refractivity contribution in [3.05, 3.63) is 24.4 Å². The van der Waals surface area contributed by atoms with E-state index in [9.17, 15) is 26.3 Å². The third kappa shape index (κ3) is 9.77. The zero-order valence-electron chi connectivity index (χ0n) is 23.6. The molecule has 1 aromatic carbocycles. The lowest BCUT2D eigenvalue weighted by Gasteiger charge is -2.15. The lowest BCUT2D eigenvalue weighted by Crippen LogP contribution is -2.21. The van der Waals surface area contributed by atoms with E-state index in [1.54, 1.807) is 13.3 Å². The zero-order valence-corrected chi connectivity index (χ0v) is 23.6. The summed E-state index contributed by atoms with van der Waals surface area (Å²) in [5.74, 6) is -3.33. The molecule has 44 heavy (non-hydrogen) atoms. The van der Waals surface area contributed by atoms with Crippen LogP contribution < -0.4 is 19.5 Å². The van der Waals surface area contributed by atoms with Gasteiger partial charge in [0.1, 0.15) is 6.10 Å². The van der Waals surface area contributed by atoms with E-state index in [1.807, 2.05) is 18.2 Å². The Bertz CT molecular complexity index is 1380. The van der Waals surface area contributed by atoms with Gasteiger partial charge in [0.15, 0.2) is 11.5 Å². The molecule has 1 unspecified atom stereocenters. The van der Waals surface area contributed by atoms with E-state index in [0.29, 0.717) is 12.5 Å². The molecular formula is C27H32F6N4O7. The number of aromatic amines is 1. The minimum absolute atomic E-state index is 0.160. The van der Waals surface area contributed by atoms with Crippen LogP contribution in [-0.2, 0) is 9.59 Å². The number of H-pyrrole nitrogens is 1. The summed E-state index contributed by atoms with van der Waals surface area (Å²) in [6, 6.07) is 6.05. The Hall–Kier alpha value is -3.99. The Morgan fingerprint density at radius 2 is 1.66 bits per heavy atom. The normalized spacial score (nSPS) is 17.0. The highest BCUT2D eigenvalue weighted by molar-refractivity contribution is 6.10. The van der Waals surface area contributed by atoms with Gasteiger partial charge < -0.3 is 39.6 Å². The second-order valence-electron chi connectivity index (χ2n) is 9.80. The highest BCUT2D eigenvalue weighted by atomic mass is 19.4. The van der Waals surface area contributed by atoms with Crippen molar-refractivity contribution in [1.82, 2.24) is 20.2 Å². The molecule has 2 aromatic heterocycles. The molecule has 0 radical (unpaired) electrons. The molecule has 3 aromatic rings. The molecule has 1 atom stereocenters. The SMILES string of the molecule is COc1cc2c(cc1OCCCN1CCCC1)[nH]c1ccnc(OC3CCNC3)c12.O=C(O)C(F)(F)F.O=C(O)C(F)(F)F. The molecule has 17 heteroatoms. The number of carbonyl (C=O) groups is 2. The predicted molar refractivity (Wildman–Crippen MR) is 145 cm³/mol. The average molecular weight is 639 g/mol. The first-order chi connectivity index (χ1) is 20.7. The molecule has 2 aliphatic heterocycles. The van der Waals surface area contributed by atoms with Crippen molar-refractivity contribution in [3.63, 3.8) is 0 Å². The van der Waals surface area contributed by atoms with E-state index in [4.69, 9.17) is 34.0 Å². The van der Waals surface area contributed by atoms with Crippen molar-refractivity contribution >= 4 is 33.7 Å². The summed E-state index contributed by atoms with van der Waals surface area (Å²) in [4.78, 5) is 28.3. The molecular weight excluding hydrogens is 606 g/mol. The van der Waals surface area contributed by atoms with Crippen LogP contribution in [0.25, 0.3) is 21.8 Å². The number of methoxy groups -OCH3 is 1. The molecule has 0 aliphatic carbocycles. The number of nitrogens with zero attached hydrogens (tertiary/aromatic N) is 2. The number of pyridine rings is 1. The van der Waals surface area contributed by atoms with Crippen LogP contribution in [0, 0.1) is 0 Å². The number of rotatable bonds is 8. The van der Waals surface area contributed by atoms with Crippen LogP contribution in [0.2, 0.25) is 0 Å². The maximum absolute atomic E-state index is 10.6. The number of hydrogen-bond donors (Lipinski definition) is 4. The van der Waals surface area contributed by atoms with E-state index in [-0.39, 0.29) is 6.10 Å². The van der Waals surface area contributed by atoms with Crippen LogP contribution >= 0.6 is 0 Å². The smallest absolute Gasteiger partial charge is 0.490 e. The fraction of sp³-hybridized carbons (Fsp3) is 0.519. The van der Waals surface area contributed by atoms with Gasteiger partial charge in [0.25, 0.3) is 0 Å². The summed E-state index contributed by atoms with van der Waals surface area (Å²) in [6.07, 6.45) is -3.55. The van der Waals surface area contributed by atoms with E-state index in [0.717, 1.165) is 65.8 Å². The number of nitrogens with one attached hydrogen (secondary N) is 2. The van der Waals surface area contributed by atoms with Crippen LogP contribution in [0.15, 0.2) is 24.4 Å². The van der Waals surface area contributed by atoms with E-state index >= 15 is 0 Å². The summed E-state index contributed by atoms with van der Waals surface area (Å²) in [6.45, 7) is 6.07. The molecule has 0 bridgehead atoms. The number of ether oxygens (including phenoxy) is 3. The molecule has 4 heterocycles. The van der Waals surface area contributed by atoms with Gasteiger partial charge in [-0.1, -0.05) is 0 Å². The molecule has 2 fully saturated rings. The first kappa shape index (κ1) is 34.5. The second kappa shape index (κ2) is 15.1. The van der Waals surface area contributed by atoms with E-state index in [1.165, 1.54) is 25.9 Å². The summed E-state index contributed by atoms with van der Waals surface area (Å²) >= 11 is 0. The van der Waals surface area contributed by atoms with Crippen LogP contribution in [0.5, 0.6) is 17.4 Å². The van der Waals surface area contributed by atoms with Gasteiger partial charge in [-0.3, -0.25) is 0 Å². The summed E-state index contributed by atoms with van der Waals surface area (Å²) < 4.78 is 81.4. The van der Waals surface area contributed by atoms with Crippen molar-refractivity contribution in [3.8, 4) is 17.4 Å². The molecule has 0 amide bonds. The quantitative estimate of drug-likeness (QED) is 0.204. The van der Waals surface area contributed by atoms with Gasteiger partial charge in [0.2, 0.25) is 5.88 Å². The first-order valence-electron chi connectivity index (χ1n) is 13.5. The van der Waals surface area contributed by atoms with E-state index in [2.05, 4.69) is 20.2 Å². The minimum atomic E-state index is -5.08. The highest BCUT2D eigenvalue weighted by Crippen LogP contribution is 2.39. The van der Waals surface area contributed by atoms with Crippen molar-refractivity contribution < 1.29 is 60.4 Å². The molecule has 11 nitrogen and oxygen atoms in total. The molecule has 4 N–H and O–H groups in total. The Balaban J connectivity index is 0.000000317. The highest BCUT2D eigenvalue weighted by Gasteiger charge is 2.38. The van der Waals surface area contributed by atoms with Gasteiger partial charge in [-0.2, -0.15) is 26.3 Å². The molecule has 244 valence electrons. The van der Waals surface area contributed by atoms with E-state index < -0.39 is 24.3 Å². The Morgan fingerprint density at radius 3 is 2.20 bits per heavy atom. The topological polar surface area (TPSA) is 146 Å². The van der Waals surface area contributed by atoms with Gasteiger partial charge in [-0.15, -0.1) is 0 Å². The molecule has 2 saturated heterocycles. The number of aliphatic carboxylic acids is 2. The number of fused-ring (bicyclic) bond motifs is 3. The van der Waals surface area contributed by atoms with Gasteiger partial charge in [-0.05, 0) is 57.5 Å². The number of carboxylic acids is 2. The minimum Gasteiger partial charge on any atom is -0.493 e. The van der Waals surface area contributed by atoms with Crippen LogP contribution in [0.1, 0.15) is 25.7 Å². The second-order valence-corrected chi connectivity index (χ2v) is 9.80. The van der Waals surface area contributed by atoms with Crippen LogP contribution in [0.3, 0.4) is 0 Å². The van der Waals surface area contributed by atoms with Crippen LogP contribution in [0.4, 0.5) is 26.3 Å². The monoisotopic (exact) mass is 638 g/mol. The summed E-state index contributed by atoms with van der Waals surface area (Å²) in [5, 5.41) is 19.6. The molecule has 0 spiro atoms. The van der Waals surface area contributed by atoms with Crippen molar-refractivity contribution in [2.24, 2.45) is 0 Å². The van der Waals surface area contributed by atoms with Crippen LogP contribution in [-0.4, -0.2) is 102 Å². The van der Waals surface area contributed by atoms with Gasteiger partial charge >= 0.3 is 24.3 Å². The van der Waals surface area contributed by atoms with Gasteiger partial charge in [0, 0.05) is 30.7 Å². The zero-order chi connectivity index (χ0) is 32.5. The number of likely N-dealkylation sites (tertiary alicyclic amines) is 1. The van der Waals surface area contributed by atoms with Crippen molar-refractivity contribution in [2.45, 2.75) is 44.1 Å². The number of halogens is 6. The fourth-order valence-electron chi connectivity index (χ4n) is 4.55. The Labute approximate surface area is 247 Å². The Morgan fingerprint density at radius 1 is 1.02 bits per heavy atom. The number of aromatic nitrogens is 2. The predicted octanol–water partition coefficient (Wildman–Crippen LogP) is 4.60. The van der Waals surface area contributed by atoms with Crippen molar-refractivity contribution in [2.75, 3.05) is 46.4 Å². The summed E-state index contributed by atoms with van der Waals surface area (Å²) in [7, 11) is 1.69. The van der Waals surface area contributed by atoms with Gasteiger partial charge in [-0.25, -0.2) is 14.6 Å². The maximum Gasteiger partial charge on any atom is 0.490 e. The number of hydrogen-bond acceptors (Lipinski definition) is 8. The number of alkyl halides is 6. The fourth-order valence-corrected chi connectivity index (χ4v) is 4.55. The number of carboxylic acid groups (broad SMARTS) is 2. The molecule has 2 aliphatic rings. The third-order valence-corrected chi connectivity index (χ3v) is 6.61. The first-order valence-corrected chi connectivity index (χ1v) is 13.5. The Kier molecular flexibility index (Phi) is 11.9. The average Bonchev–Trinajstić information content (AvgIpc) is 3.72. The summed E-state index contributed by atoms with van der Waals surface area (Å²) in [5.41, 5.74) is 2.01. The molecule has 0 saturated carbocycles. The molecule has 5 rings (SSSR count). The lowest BCUT2D eigenvalue weighted by molar-refractivity contribution is -0.193. The lowest BCUT2D eigenvalue weighted by atomic mass is 10.1. The standard InChI is InChI=1S/C23H30N4O3.2C2HF3O2/c1-28-20-13-17-19(14-21(20)29-12-4-11-27-9-2-3-10-27)26-18-6-8-25-23(22(17)18)30-16-5-7-24-15-16;2*3-2(4,5)1(6)7/h6,8,13-14,16,24,26H,2-5,7,9-12,15H2,1H3;2*(H,6,7). The largest absolute Gasteiger partial charge is 0.493 e. The maximum atomic E-state index is 10.6. The van der Waals surface area contributed by atoms with Gasteiger partial charge in [0.05, 0.1) is 30.1 Å². The number of benzene rings is 1.